The second-order valence-corrected chi connectivity index (χ2v) is 4.29. The third kappa shape index (κ3) is 1.23. The summed E-state index contributed by atoms with van der Waals surface area (Å²) >= 11 is 0. The van der Waals surface area contributed by atoms with Crippen LogP contribution in [0.4, 0.5) is 17.1 Å². The SMILES string of the molecule is CC1(C)C(=O)Nc2cc([N+](=O)[O-])c(N)cc21. The molecule has 1 amide bonds. The summed E-state index contributed by atoms with van der Waals surface area (Å²) in [5.74, 6) is -0.178. The van der Waals surface area contributed by atoms with Gasteiger partial charge in [-0.2, -0.15) is 0 Å². The predicted octanol–water partition coefficient (Wildman–Crippen LogP) is 1.41. The first kappa shape index (κ1) is 10.4. The van der Waals surface area contributed by atoms with Crippen LogP contribution in [0.25, 0.3) is 0 Å². The van der Waals surface area contributed by atoms with Crippen LogP contribution >= 0.6 is 0 Å². The van der Waals surface area contributed by atoms with E-state index in [1.807, 2.05) is 0 Å². The average Bonchev–Trinajstić information content (AvgIpc) is 2.38. The number of hydrogen-bond donors (Lipinski definition) is 2. The van der Waals surface area contributed by atoms with Crippen molar-refractivity contribution in [2.75, 3.05) is 11.1 Å². The highest BCUT2D eigenvalue weighted by molar-refractivity contribution is 6.06. The van der Waals surface area contributed by atoms with Gasteiger partial charge in [-0.05, 0) is 25.5 Å². The van der Waals surface area contributed by atoms with Crippen LogP contribution in [0.5, 0.6) is 0 Å². The van der Waals surface area contributed by atoms with E-state index in [1.165, 1.54) is 12.1 Å². The Hall–Kier alpha value is -2.11. The third-order valence-electron chi connectivity index (χ3n) is 2.85. The van der Waals surface area contributed by atoms with Crippen molar-refractivity contribution in [3.63, 3.8) is 0 Å². The topological polar surface area (TPSA) is 98.3 Å². The molecule has 0 unspecified atom stereocenters. The summed E-state index contributed by atoms with van der Waals surface area (Å²) in [5, 5.41) is 13.3. The fourth-order valence-corrected chi connectivity index (χ4v) is 1.78. The molecule has 1 aromatic carbocycles. The zero-order valence-electron chi connectivity index (χ0n) is 8.90. The summed E-state index contributed by atoms with van der Waals surface area (Å²) in [6.07, 6.45) is 0. The van der Waals surface area contributed by atoms with Crippen LogP contribution in [0.15, 0.2) is 12.1 Å². The van der Waals surface area contributed by atoms with Gasteiger partial charge in [0.05, 0.1) is 16.0 Å². The number of nitrogens with one attached hydrogen (secondary N) is 1. The fraction of sp³-hybridized carbons (Fsp3) is 0.300. The molecule has 6 nitrogen and oxygen atoms in total. The number of carbonyl (C=O) groups excluding carboxylic acids is 1. The number of nitrogens with two attached hydrogens (primary N) is 1. The summed E-state index contributed by atoms with van der Waals surface area (Å²) in [7, 11) is 0. The van der Waals surface area contributed by atoms with Crippen molar-refractivity contribution in [2.45, 2.75) is 19.3 Å². The number of nitrogen functional groups attached to an aromatic ring is 1. The van der Waals surface area contributed by atoms with Crippen molar-refractivity contribution in [1.29, 1.82) is 0 Å². The van der Waals surface area contributed by atoms with Gasteiger partial charge in [-0.25, -0.2) is 0 Å². The molecule has 2 rings (SSSR count). The summed E-state index contributed by atoms with van der Waals surface area (Å²) < 4.78 is 0. The number of nitro groups is 1. The van der Waals surface area contributed by atoms with Gasteiger partial charge in [-0.15, -0.1) is 0 Å². The molecule has 0 radical (unpaired) electrons. The van der Waals surface area contributed by atoms with E-state index < -0.39 is 10.3 Å². The van der Waals surface area contributed by atoms with Gasteiger partial charge in [-0.3, -0.25) is 14.9 Å². The second-order valence-electron chi connectivity index (χ2n) is 4.29. The number of nitrogens with zero attached hydrogens (tertiary/aromatic N) is 1. The molecule has 0 bridgehead atoms. The zero-order valence-corrected chi connectivity index (χ0v) is 8.90. The molecule has 3 N–H and O–H groups in total. The largest absolute Gasteiger partial charge is 0.393 e. The fourth-order valence-electron chi connectivity index (χ4n) is 1.78. The van der Waals surface area contributed by atoms with Gasteiger partial charge in [0.25, 0.3) is 5.69 Å². The maximum atomic E-state index is 11.6. The van der Waals surface area contributed by atoms with Crippen LogP contribution in [0.2, 0.25) is 0 Å². The molecule has 0 aliphatic carbocycles. The lowest BCUT2D eigenvalue weighted by molar-refractivity contribution is -0.383. The van der Waals surface area contributed by atoms with E-state index in [0.717, 1.165) is 0 Å². The highest BCUT2D eigenvalue weighted by atomic mass is 16.6. The van der Waals surface area contributed by atoms with Crippen molar-refractivity contribution in [1.82, 2.24) is 0 Å². The van der Waals surface area contributed by atoms with E-state index in [-0.39, 0.29) is 17.3 Å². The van der Waals surface area contributed by atoms with E-state index in [2.05, 4.69) is 5.32 Å². The number of carbonyl (C=O) groups is 1. The Balaban J connectivity index is 2.65. The minimum Gasteiger partial charge on any atom is -0.393 e. The van der Waals surface area contributed by atoms with Crippen LogP contribution in [-0.2, 0) is 10.2 Å². The minimum atomic E-state index is -0.696. The smallest absolute Gasteiger partial charge is 0.294 e. The van der Waals surface area contributed by atoms with Crippen LogP contribution < -0.4 is 11.1 Å². The highest BCUT2D eigenvalue weighted by Crippen LogP contribution is 2.41. The van der Waals surface area contributed by atoms with Crippen molar-refractivity contribution in [2.24, 2.45) is 0 Å². The van der Waals surface area contributed by atoms with E-state index in [1.54, 1.807) is 13.8 Å². The van der Waals surface area contributed by atoms with Crippen molar-refractivity contribution < 1.29 is 9.72 Å². The first-order valence-corrected chi connectivity index (χ1v) is 4.74. The van der Waals surface area contributed by atoms with Crippen molar-refractivity contribution in [3.8, 4) is 0 Å². The Kier molecular flexibility index (Phi) is 1.91. The number of hydrogen-bond acceptors (Lipinski definition) is 4. The summed E-state index contributed by atoms with van der Waals surface area (Å²) in [6.45, 7) is 3.50. The molecule has 1 aromatic rings. The Morgan fingerprint density at radius 1 is 1.44 bits per heavy atom. The van der Waals surface area contributed by atoms with E-state index in [0.29, 0.717) is 11.3 Å². The summed E-state index contributed by atoms with van der Waals surface area (Å²) in [5.41, 5.74) is 5.94. The highest BCUT2D eigenvalue weighted by Gasteiger charge is 2.39. The monoisotopic (exact) mass is 221 g/mol. The first-order chi connectivity index (χ1) is 7.34. The first-order valence-electron chi connectivity index (χ1n) is 4.74. The van der Waals surface area contributed by atoms with E-state index >= 15 is 0 Å². The lowest BCUT2D eigenvalue weighted by atomic mass is 9.86. The van der Waals surface area contributed by atoms with Crippen LogP contribution in [-0.4, -0.2) is 10.8 Å². The zero-order chi connectivity index (χ0) is 12.1. The molecule has 1 aliphatic heterocycles. The third-order valence-corrected chi connectivity index (χ3v) is 2.85. The summed E-state index contributed by atoms with van der Waals surface area (Å²) in [6, 6.07) is 2.79. The molecule has 0 atom stereocenters. The van der Waals surface area contributed by atoms with Gasteiger partial charge in [0.15, 0.2) is 0 Å². The van der Waals surface area contributed by atoms with Gasteiger partial charge < -0.3 is 11.1 Å². The normalized spacial score (nSPS) is 16.8. The molecule has 0 aromatic heterocycles. The van der Waals surface area contributed by atoms with Gasteiger partial charge in [-0.1, -0.05) is 0 Å². The average molecular weight is 221 g/mol. The number of amides is 1. The van der Waals surface area contributed by atoms with Crippen molar-refractivity contribution >= 4 is 23.0 Å². The molecule has 16 heavy (non-hydrogen) atoms. The van der Waals surface area contributed by atoms with Crippen LogP contribution in [0.1, 0.15) is 19.4 Å². The van der Waals surface area contributed by atoms with Gasteiger partial charge >= 0.3 is 0 Å². The Labute approximate surface area is 91.6 Å². The molecule has 1 heterocycles. The minimum absolute atomic E-state index is 0.0772. The molecule has 0 spiro atoms. The molecule has 0 saturated heterocycles. The maximum absolute atomic E-state index is 11.6. The lowest BCUT2D eigenvalue weighted by Crippen LogP contribution is -2.26. The lowest BCUT2D eigenvalue weighted by Gasteiger charge is -2.14. The van der Waals surface area contributed by atoms with Crippen LogP contribution in [0.3, 0.4) is 0 Å². The molecule has 6 heteroatoms. The number of nitro benzene ring substituents is 1. The molecular weight excluding hydrogens is 210 g/mol. The molecule has 0 saturated carbocycles. The van der Waals surface area contributed by atoms with Gasteiger partial charge in [0, 0.05) is 6.07 Å². The molecule has 1 aliphatic rings. The van der Waals surface area contributed by atoms with E-state index in [4.69, 9.17) is 5.73 Å². The van der Waals surface area contributed by atoms with Gasteiger partial charge in [0.1, 0.15) is 5.69 Å². The number of fused-ring (bicyclic) bond motifs is 1. The Bertz CT molecular complexity index is 508. The van der Waals surface area contributed by atoms with E-state index in [9.17, 15) is 14.9 Å². The van der Waals surface area contributed by atoms with Crippen LogP contribution in [0, 0.1) is 10.1 Å². The number of rotatable bonds is 1. The number of benzene rings is 1. The Morgan fingerprint density at radius 3 is 2.62 bits per heavy atom. The Morgan fingerprint density at radius 2 is 2.06 bits per heavy atom. The number of anilines is 2. The molecule has 0 fully saturated rings. The van der Waals surface area contributed by atoms with Crippen molar-refractivity contribution in [3.05, 3.63) is 27.8 Å². The summed E-state index contributed by atoms with van der Waals surface area (Å²) in [4.78, 5) is 21.7. The predicted molar refractivity (Wildman–Crippen MR) is 59.2 cm³/mol. The second kappa shape index (κ2) is 2.94. The maximum Gasteiger partial charge on any atom is 0.294 e. The standard InChI is InChI=1S/C10H11N3O3/c1-10(2)5-3-6(11)8(13(15)16)4-7(5)12-9(10)14/h3-4H,11H2,1-2H3,(H,12,14). The van der Waals surface area contributed by atoms with Gasteiger partial charge in [0.2, 0.25) is 5.91 Å². The quantitative estimate of drug-likeness (QED) is 0.425. The molecular formula is C10H11N3O3. The molecule has 84 valence electrons.